The van der Waals surface area contributed by atoms with Gasteiger partial charge in [0.25, 0.3) is 5.91 Å². The molecule has 6 heteroatoms. The Morgan fingerprint density at radius 3 is 2.73 bits per heavy atom. The van der Waals surface area contributed by atoms with E-state index in [0.29, 0.717) is 35.9 Å². The molecule has 1 aromatic heterocycles. The number of nitrogens with zero attached hydrogens (tertiary/aromatic N) is 1. The first-order chi connectivity index (χ1) is 10.4. The number of hydrogen-bond donors (Lipinski definition) is 1. The van der Waals surface area contributed by atoms with Gasteiger partial charge in [-0.3, -0.25) is 9.59 Å². The quantitative estimate of drug-likeness (QED) is 0.861. The molecular formula is C16H19ClN2O3. The molecule has 0 bridgehead atoms. The summed E-state index contributed by atoms with van der Waals surface area (Å²) < 4.78 is 5.66. The van der Waals surface area contributed by atoms with Gasteiger partial charge in [0.05, 0.1) is 5.02 Å². The van der Waals surface area contributed by atoms with Crippen molar-refractivity contribution in [3.63, 3.8) is 0 Å². The number of nitrogens with one attached hydrogen (secondary N) is 1. The highest BCUT2D eigenvalue weighted by molar-refractivity contribution is 6.35. The second kappa shape index (κ2) is 6.83. The van der Waals surface area contributed by atoms with Crippen molar-refractivity contribution in [2.45, 2.75) is 20.3 Å². The Balaban J connectivity index is 2.10. The Morgan fingerprint density at radius 1 is 1.36 bits per heavy atom. The average Bonchev–Trinajstić information content (AvgIpc) is 2.81. The lowest BCUT2D eigenvalue weighted by Crippen LogP contribution is -2.31. The number of furan rings is 1. The summed E-state index contributed by atoms with van der Waals surface area (Å²) in [5.74, 6) is 0.0504. The van der Waals surface area contributed by atoms with E-state index in [1.807, 2.05) is 19.1 Å². The van der Waals surface area contributed by atoms with E-state index in [1.54, 1.807) is 18.0 Å². The molecule has 0 fully saturated rings. The maximum atomic E-state index is 12.5. The molecule has 2 amide bonds. The lowest BCUT2D eigenvalue weighted by atomic mass is 10.1. The van der Waals surface area contributed by atoms with Crippen molar-refractivity contribution in [2.75, 3.05) is 20.1 Å². The van der Waals surface area contributed by atoms with E-state index in [1.165, 1.54) is 6.92 Å². The molecule has 0 unspecified atom stereocenters. The monoisotopic (exact) mass is 322 g/mol. The molecule has 0 aliphatic heterocycles. The van der Waals surface area contributed by atoms with Crippen molar-refractivity contribution >= 4 is 34.4 Å². The van der Waals surface area contributed by atoms with Crippen molar-refractivity contribution in [1.82, 2.24) is 10.2 Å². The fraction of sp³-hybridized carbons (Fsp3) is 0.375. The Morgan fingerprint density at radius 2 is 2.09 bits per heavy atom. The van der Waals surface area contributed by atoms with Crippen LogP contribution in [0.2, 0.25) is 5.02 Å². The van der Waals surface area contributed by atoms with Crippen molar-refractivity contribution in [3.8, 4) is 0 Å². The molecule has 0 radical (unpaired) electrons. The predicted octanol–water partition coefficient (Wildman–Crippen LogP) is 2.99. The molecule has 1 heterocycles. The summed E-state index contributed by atoms with van der Waals surface area (Å²) in [6.07, 6.45) is 0.682. The summed E-state index contributed by atoms with van der Waals surface area (Å²) >= 11 is 6.10. The number of carbonyl (C=O) groups excluding carboxylic acids is 2. The molecular weight excluding hydrogens is 304 g/mol. The molecule has 2 aromatic rings. The normalized spacial score (nSPS) is 10.7. The Kier molecular flexibility index (Phi) is 5.08. The zero-order valence-corrected chi connectivity index (χ0v) is 13.7. The summed E-state index contributed by atoms with van der Waals surface area (Å²) in [6.45, 7) is 4.39. The number of halogens is 1. The van der Waals surface area contributed by atoms with Gasteiger partial charge in [-0.2, -0.15) is 0 Å². The Hall–Kier alpha value is -2.01. The lowest BCUT2D eigenvalue weighted by molar-refractivity contribution is -0.118. The fourth-order valence-corrected chi connectivity index (χ4v) is 2.48. The highest BCUT2D eigenvalue weighted by Crippen LogP contribution is 2.31. The molecule has 0 saturated heterocycles. The number of aryl methyl sites for hydroxylation is 1. The van der Waals surface area contributed by atoms with Gasteiger partial charge in [-0.1, -0.05) is 23.7 Å². The van der Waals surface area contributed by atoms with Crippen molar-refractivity contribution in [2.24, 2.45) is 0 Å². The van der Waals surface area contributed by atoms with Gasteiger partial charge < -0.3 is 14.6 Å². The van der Waals surface area contributed by atoms with E-state index >= 15 is 0 Å². The topological polar surface area (TPSA) is 62.6 Å². The summed E-state index contributed by atoms with van der Waals surface area (Å²) in [5, 5.41) is 4.05. The average molecular weight is 323 g/mol. The third kappa shape index (κ3) is 3.42. The van der Waals surface area contributed by atoms with Crippen LogP contribution in [-0.4, -0.2) is 36.9 Å². The minimum absolute atomic E-state index is 0.0725. The number of fused-ring (bicyclic) bond motifs is 1. The molecule has 5 nitrogen and oxygen atoms in total. The zero-order chi connectivity index (χ0) is 16.3. The van der Waals surface area contributed by atoms with Gasteiger partial charge in [-0.15, -0.1) is 0 Å². The van der Waals surface area contributed by atoms with Crippen molar-refractivity contribution in [3.05, 3.63) is 34.5 Å². The van der Waals surface area contributed by atoms with Crippen LogP contribution in [0.4, 0.5) is 0 Å². The van der Waals surface area contributed by atoms with Crippen LogP contribution in [0.15, 0.2) is 22.6 Å². The van der Waals surface area contributed by atoms with Gasteiger partial charge in [0.2, 0.25) is 5.91 Å². The number of hydrogen-bond acceptors (Lipinski definition) is 3. The predicted molar refractivity (Wildman–Crippen MR) is 86.2 cm³/mol. The van der Waals surface area contributed by atoms with Gasteiger partial charge >= 0.3 is 0 Å². The second-order valence-electron chi connectivity index (χ2n) is 5.24. The first-order valence-electron chi connectivity index (χ1n) is 7.09. The standard InChI is InChI=1S/C16H19ClN2O3/c1-10-12-6-4-7-13(17)15(12)22-14(10)16(21)19(3)9-5-8-18-11(2)20/h4,6-7H,5,8-9H2,1-3H3,(H,18,20). The number of benzene rings is 1. The summed E-state index contributed by atoms with van der Waals surface area (Å²) in [7, 11) is 1.71. The molecule has 0 aliphatic carbocycles. The first-order valence-corrected chi connectivity index (χ1v) is 7.47. The van der Waals surface area contributed by atoms with Crippen LogP contribution in [0.3, 0.4) is 0 Å². The van der Waals surface area contributed by atoms with Gasteiger partial charge in [0.15, 0.2) is 11.3 Å². The van der Waals surface area contributed by atoms with Gasteiger partial charge in [-0.05, 0) is 19.4 Å². The van der Waals surface area contributed by atoms with Crippen LogP contribution in [0.1, 0.15) is 29.5 Å². The second-order valence-corrected chi connectivity index (χ2v) is 5.64. The maximum absolute atomic E-state index is 12.5. The summed E-state index contributed by atoms with van der Waals surface area (Å²) in [4.78, 5) is 24.9. The lowest BCUT2D eigenvalue weighted by Gasteiger charge is -2.16. The van der Waals surface area contributed by atoms with Gasteiger partial charge in [0, 0.05) is 38.0 Å². The third-order valence-electron chi connectivity index (χ3n) is 3.50. The van der Waals surface area contributed by atoms with E-state index in [2.05, 4.69) is 5.32 Å². The summed E-state index contributed by atoms with van der Waals surface area (Å²) in [5.41, 5.74) is 1.33. The number of rotatable bonds is 5. The zero-order valence-electron chi connectivity index (χ0n) is 12.9. The molecule has 0 spiro atoms. The number of para-hydroxylation sites is 1. The number of amides is 2. The van der Waals surface area contributed by atoms with Crippen LogP contribution in [0.25, 0.3) is 11.0 Å². The van der Waals surface area contributed by atoms with Crippen LogP contribution >= 0.6 is 11.6 Å². The van der Waals surface area contributed by atoms with Gasteiger partial charge in [-0.25, -0.2) is 0 Å². The third-order valence-corrected chi connectivity index (χ3v) is 3.80. The Labute approximate surface area is 134 Å². The van der Waals surface area contributed by atoms with E-state index in [-0.39, 0.29) is 11.8 Å². The van der Waals surface area contributed by atoms with Gasteiger partial charge in [0.1, 0.15) is 0 Å². The molecule has 0 aliphatic rings. The van der Waals surface area contributed by atoms with Crippen molar-refractivity contribution in [1.29, 1.82) is 0 Å². The minimum atomic E-state index is -0.187. The van der Waals surface area contributed by atoms with Crippen LogP contribution in [-0.2, 0) is 4.79 Å². The minimum Gasteiger partial charge on any atom is -0.449 e. The molecule has 118 valence electrons. The van der Waals surface area contributed by atoms with Crippen LogP contribution in [0, 0.1) is 6.92 Å². The van der Waals surface area contributed by atoms with Crippen molar-refractivity contribution < 1.29 is 14.0 Å². The highest BCUT2D eigenvalue weighted by Gasteiger charge is 2.21. The summed E-state index contributed by atoms with van der Waals surface area (Å²) in [6, 6.07) is 5.45. The van der Waals surface area contributed by atoms with E-state index < -0.39 is 0 Å². The van der Waals surface area contributed by atoms with E-state index in [4.69, 9.17) is 16.0 Å². The molecule has 22 heavy (non-hydrogen) atoms. The molecule has 0 saturated carbocycles. The van der Waals surface area contributed by atoms with E-state index in [0.717, 1.165) is 10.9 Å². The molecule has 2 rings (SSSR count). The fourth-order valence-electron chi connectivity index (χ4n) is 2.27. The SMILES string of the molecule is CC(=O)NCCCN(C)C(=O)c1oc2c(Cl)cccc2c1C. The highest BCUT2D eigenvalue weighted by atomic mass is 35.5. The Bertz CT molecular complexity index is 709. The molecule has 1 aromatic carbocycles. The molecule has 1 N–H and O–H groups in total. The first kappa shape index (κ1) is 16.4. The van der Waals surface area contributed by atoms with Crippen LogP contribution < -0.4 is 5.32 Å². The maximum Gasteiger partial charge on any atom is 0.289 e. The van der Waals surface area contributed by atoms with Crippen LogP contribution in [0.5, 0.6) is 0 Å². The molecule has 0 atom stereocenters. The van der Waals surface area contributed by atoms with E-state index in [9.17, 15) is 9.59 Å². The smallest absolute Gasteiger partial charge is 0.289 e. The number of carbonyl (C=O) groups is 2. The largest absolute Gasteiger partial charge is 0.449 e.